The van der Waals surface area contributed by atoms with Gasteiger partial charge >= 0.3 is 0 Å². The summed E-state index contributed by atoms with van der Waals surface area (Å²) in [6.07, 6.45) is 11.5. The van der Waals surface area contributed by atoms with Crippen LogP contribution >= 0.6 is 0 Å². The van der Waals surface area contributed by atoms with E-state index in [1.807, 2.05) is 0 Å². The summed E-state index contributed by atoms with van der Waals surface area (Å²) in [7, 11) is 0. The maximum atomic E-state index is 3.87. The van der Waals surface area contributed by atoms with Crippen molar-refractivity contribution in [1.82, 2.24) is 5.32 Å². The zero-order valence-electron chi connectivity index (χ0n) is 10.5. The van der Waals surface area contributed by atoms with Gasteiger partial charge in [0.2, 0.25) is 0 Å². The second kappa shape index (κ2) is 5.34. The molecular weight excluding hydrogens is 182 g/mol. The minimum atomic E-state index is 0.861. The van der Waals surface area contributed by atoms with Gasteiger partial charge in [-0.15, -0.1) is 0 Å². The third kappa shape index (κ3) is 3.21. The molecule has 2 unspecified atom stereocenters. The lowest BCUT2D eigenvalue weighted by molar-refractivity contribution is 0.282. The summed E-state index contributed by atoms with van der Waals surface area (Å²) in [4.78, 5) is 0. The molecule has 0 spiro atoms. The van der Waals surface area contributed by atoms with Gasteiger partial charge in [0.25, 0.3) is 0 Å². The lowest BCUT2D eigenvalue weighted by atomic mass is 9.84. The van der Waals surface area contributed by atoms with Crippen LogP contribution in [0.25, 0.3) is 0 Å². The molecule has 2 aliphatic rings. The molecule has 15 heavy (non-hydrogen) atoms. The van der Waals surface area contributed by atoms with Gasteiger partial charge in [-0.3, -0.25) is 0 Å². The summed E-state index contributed by atoms with van der Waals surface area (Å²) in [6, 6.07) is 1.76. The molecule has 0 aromatic rings. The van der Waals surface area contributed by atoms with Gasteiger partial charge in [-0.1, -0.05) is 26.7 Å². The molecule has 2 saturated carbocycles. The van der Waals surface area contributed by atoms with Crippen molar-refractivity contribution < 1.29 is 0 Å². The van der Waals surface area contributed by atoms with E-state index in [0.717, 1.165) is 23.9 Å². The molecule has 2 atom stereocenters. The number of hydrogen-bond donors (Lipinski definition) is 1. The Balaban J connectivity index is 1.61. The van der Waals surface area contributed by atoms with Crippen LogP contribution in [0.1, 0.15) is 65.2 Å². The molecule has 0 aromatic carbocycles. The molecule has 2 fully saturated rings. The lowest BCUT2D eigenvalue weighted by Gasteiger charge is -2.28. The summed E-state index contributed by atoms with van der Waals surface area (Å²) in [5.41, 5.74) is 0. The summed E-state index contributed by atoms with van der Waals surface area (Å²) >= 11 is 0. The predicted molar refractivity (Wildman–Crippen MR) is 66.0 cm³/mol. The third-order valence-electron chi connectivity index (χ3n) is 4.46. The molecule has 1 nitrogen and oxygen atoms in total. The third-order valence-corrected chi connectivity index (χ3v) is 4.46. The van der Waals surface area contributed by atoms with E-state index in [9.17, 15) is 0 Å². The Labute approximate surface area is 95.0 Å². The van der Waals surface area contributed by atoms with Crippen LogP contribution in [0.5, 0.6) is 0 Å². The van der Waals surface area contributed by atoms with Crippen LogP contribution in [-0.2, 0) is 0 Å². The first kappa shape index (κ1) is 11.4. The van der Waals surface area contributed by atoms with Crippen LogP contribution in [0.2, 0.25) is 0 Å². The van der Waals surface area contributed by atoms with Crippen molar-refractivity contribution in [2.75, 3.05) is 0 Å². The van der Waals surface area contributed by atoms with Gasteiger partial charge in [0, 0.05) is 12.1 Å². The quantitative estimate of drug-likeness (QED) is 0.727. The molecule has 2 rings (SSSR count). The first-order valence-electron chi connectivity index (χ1n) is 7.09. The van der Waals surface area contributed by atoms with Crippen molar-refractivity contribution in [3.05, 3.63) is 0 Å². The van der Waals surface area contributed by atoms with Gasteiger partial charge in [0.05, 0.1) is 0 Å². The van der Waals surface area contributed by atoms with E-state index in [1.165, 1.54) is 51.4 Å². The molecule has 0 heterocycles. The standard InChI is InChI=1S/C14H27N/c1-3-5-12-10-14(12)15-13-8-6-11(4-2)7-9-13/h11-15H,3-10H2,1-2H3. The van der Waals surface area contributed by atoms with Crippen molar-refractivity contribution in [3.8, 4) is 0 Å². The predicted octanol–water partition coefficient (Wildman–Crippen LogP) is 3.73. The summed E-state index contributed by atoms with van der Waals surface area (Å²) in [6.45, 7) is 4.65. The van der Waals surface area contributed by atoms with Gasteiger partial charge in [0.1, 0.15) is 0 Å². The average Bonchev–Trinajstić information content (AvgIpc) is 2.98. The van der Waals surface area contributed by atoms with Crippen LogP contribution in [0.3, 0.4) is 0 Å². The second-order valence-electron chi connectivity index (χ2n) is 5.68. The SMILES string of the molecule is CCCC1CC1NC1CCC(CC)CC1. The smallest absolute Gasteiger partial charge is 0.0102 e. The van der Waals surface area contributed by atoms with E-state index >= 15 is 0 Å². The Morgan fingerprint density at radius 1 is 1.07 bits per heavy atom. The number of nitrogens with one attached hydrogen (secondary N) is 1. The minimum absolute atomic E-state index is 0.861. The molecule has 0 bridgehead atoms. The highest BCUT2D eigenvalue weighted by Gasteiger charge is 2.37. The van der Waals surface area contributed by atoms with E-state index in [1.54, 1.807) is 0 Å². The highest BCUT2D eigenvalue weighted by Crippen LogP contribution is 2.36. The minimum Gasteiger partial charge on any atom is -0.311 e. The topological polar surface area (TPSA) is 12.0 Å². The van der Waals surface area contributed by atoms with Crippen LogP contribution in [0.15, 0.2) is 0 Å². The van der Waals surface area contributed by atoms with E-state index in [2.05, 4.69) is 19.2 Å². The van der Waals surface area contributed by atoms with Crippen LogP contribution in [0, 0.1) is 11.8 Å². The van der Waals surface area contributed by atoms with E-state index in [-0.39, 0.29) is 0 Å². The van der Waals surface area contributed by atoms with Gasteiger partial charge in [0.15, 0.2) is 0 Å². The van der Waals surface area contributed by atoms with Crippen molar-refractivity contribution in [3.63, 3.8) is 0 Å². The lowest BCUT2D eigenvalue weighted by Crippen LogP contribution is -2.35. The van der Waals surface area contributed by atoms with Crippen molar-refractivity contribution in [2.45, 2.75) is 77.3 Å². The molecule has 2 aliphatic carbocycles. The highest BCUT2D eigenvalue weighted by molar-refractivity contribution is 4.95. The molecule has 1 N–H and O–H groups in total. The Bertz CT molecular complexity index is 182. The van der Waals surface area contributed by atoms with E-state index in [4.69, 9.17) is 0 Å². The van der Waals surface area contributed by atoms with Gasteiger partial charge in [-0.2, -0.15) is 0 Å². The zero-order chi connectivity index (χ0) is 10.7. The molecule has 1 heteroatoms. The molecule has 0 aromatic heterocycles. The number of rotatable bonds is 5. The summed E-state index contributed by atoms with van der Waals surface area (Å²) in [5.74, 6) is 2.06. The van der Waals surface area contributed by atoms with E-state index in [0.29, 0.717) is 0 Å². The van der Waals surface area contributed by atoms with Crippen molar-refractivity contribution in [1.29, 1.82) is 0 Å². The largest absolute Gasteiger partial charge is 0.311 e. The molecule has 0 amide bonds. The van der Waals surface area contributed by atoms with Crippen LogP contribution < -0.4 is 5.32 Å². The fraction of sp³-hybridized carbons (Fsp3) is 1.00. The molecule has 0 aliphatic heterocycles. The molecular formula is C14H27N. The average molecular weight is 209 g/mol. The fourth-order valence-electron chi connectivity index (χ4n) is 3.18. The normalized spacial score (nSPS) is 40.4. The molecule has 0 saturated heterocycles. The monoisotopic (exact) mass is 209 g/mol. The fourth-order valence-corrected chi connectivity index (χ4v) is 3.18. The molecule has 0 radical (unpaired) electrons. The maximum Gasteiger partial charge on any atom is 0.0102 e. The first-order valence-corrected chi connectivity index (χ1v) is 7.09. The maximum absolute atomic E-state index is 3.87. The molecule has 88 valence electrons. The van der Waals surface area contributed by atoms with Crippen molar-refractivity contribution >= 4 is 0 Å². The van der Waals surface area contributed by atoms with Gasteiger partial charge in [-0.05, 0) is 50.4 Å². The van der Waals surface area contributed by atoms with E-state index < -0.39 is 0 Å². The van der Waals surface area contributed by atoms with Gasteiger partial charge in [-0.25, -0.2) is 0 Å². The van der Waals surface area contributed by atoms with Crippen LogP contribution in [0.4, 0.5) is 0 Å². The Hall–Kier alpha value is -0.0400. The number of hydrogen-bond acceptors (Lipinski definition) is 1. The zero-order valence-corrected chi connectivity index (χ0v) is 10.5. The van der Waals surface area contributed by atoms with Crippen LogP contribution in [-0.4, -0.2) is 12.1 Å². The summed E-state index contributed by atoms with van der Waals surface area (Å²) < 4.78 is 0. The summed E-state index contributed by atoms with van der Waals surface area (Å²) in [5, 5.41) is 3.87. The second-order valence-corrected chi connectivity index (χ2v) is 5.68. The Morgan fingerprint density at radius 2 is 1.80 bits per heavy atom. The van der Waals surface area contributed by atoms with Gasteiger partial charge < -0.3 is 5.32 Å². The Kier molecular flexibility index (Phi) is 4.07. The first-order chi connectivity index (χ1) is 7.33. The van der Waals surface area contributed by atoms with Crippen molar-refractivity contribution in [2.24, 2.45) is 11.8 Å². The highest BCUT2D eigenvalue weighted by atomic mass is 15.0. The Morgan fingerprint density at radius 3 is 2.40 bits per heavy atom.